The van der Waals surface area contributed by atoms with Crippen LogP contribution in [0.1, 0.15) is 29.6 Å². The van der Waals surface area contributed by atoms with Crippen molar-refractivity contribution in [2.75, 3.05) is 19.7 Å². The molecule has 0 bridgehead atoms. The molecule has 2 aromatic rings. The number of para-hydroxylation sites is 1. The maximum atomic E-state index is 13.2. The summed E-state index contributed by atoms with van der Waals surface area (Å²) in [6.07, 6.45) is 1.70. The van der Waals surface area contributed by atoms with Crippen LogP contribution in [0.2, 0.25) is 0 Å². The molecule has 0 saturated carbocycles. The maximum Gasteiger partial charge on any atom is 0.251 e. The molecule has 1 fully saturated rings. The largest absolute Gasteiger partial charge is 0.493 e. The van der Waals surface area contributed by atoms with E-state index in [1.165, 1.54) is 18.2 Å². The summed E-state index contributed by atoms with van der Waals surface area (Å²) in [6.45, 7) is 1.54. The molecule has 0 radical (unpaired) electrons. The first-order valence-corrected chi connectivity index (χ1v) is 9.14. The normalized spacial score (nSPS) is 14.6. The van der Waals surface area contributed by atoms with Crippen molar-refractivity contribution in [3.05, 3.63) is 66.0 Å². The van der Waals surface area contributed by atoms with Gasteiger partial charge in [0.2, 0.25) is 5.91 Å². The van der Waals surface area contributed by atoms with Crippen LogP contribution < -0.4 is 10.1 Å². The SMILES string of the molecule is O=C(NC1CCN(C(=O)CCOc2ccccc2)CC1)c1cccc(F)c1. The highest BCUT2D eigenvalue weighted by Crippen LogP contribution is 2.14. The third kappa shape index (κ3) is 5.54. The number of likely N-dealkylation sites (tertiary alicyclic amines) is 1. The highest BCUT2D eigenvalue weighted by molar-refractivity contribution is 5.94. The van der Waals surface area contributed by atoms with Crippen LogP contribution in [-0.4, -0.2) is 42.5 Å². The van der Waals surface area contributed by atoms with E-state index in [2.05, 4.69) is 5.32 Å². The minimum Gasteiger partial charge on any atom is -0.493 e. The Balaban J connectivity index is 1.39. The second kappa shape index (κ2) is 9.16. The zero-order chi connectivity index (χ0) is 19.1. The predicted molar refractivity (Wildman–Crippen MR) is 100 cm³/mol. The first kappa shape index (κ1) is 18.9. The third-order valence-electron chi connectivity index (χ3n) is 4.60. The summed E-state index contributed by atoms with van der Waals surface area (Å²) in [5.74, 6) is 0.0984. The van der Waals surface area contributed by atoms with Gasteiger partial charge in [0.15, 0.2) is 0 Å². The van der Waals surface area contributed by atoms with Gasteiger partial charge in [-0.15, -0.1) is 0 Å². The van der Waals surface area contributed by atoms with E-state index in [0.717, 1.165) is 5.75 Å². The molecule has 1 saturated heterocycles. The second-order valence-electron chi connectivity index (χ2n) is 6.55. The molecular weight excluding hydrogens is 347 g/mol. The first-order valence-electron chi connectivity index (χ1n) is 9.14. The molecule has 1 heterocycles. The van der Waals surface area contributed by atoms with Crippen molar-refractivity contribution < 1.29 is 18.7 Å². The van der Waals surface area contributed by atoms with Gasteiger partial charge >= 0.3 is 0 Å². The Kier molecular flexibility index (Phi) is 6.41. The van der Waals surface area contributed by atoms with Crippen LogP contribution in [0, 0.1) is 5.82 Å². The maximum absolute atomic E-state index is 13.2. The van der Waals surface area contributed by atoms with Crippen molar-refractivity contribution in [1.29, 1.82) is 0 Å². The number of rotatable bonds is 6. The molecule has 5 nitrogen and oxygen atoms in total. The fraction of sp³-hybridized carbons (Fsp3) is 0.333. The van der Waals surface area contributed by atoms with Gasteiger partial charge in [-0.25, -0.2) is 4.39 Å². The highest BCUT2D eigenvalue weighted by Gasteiger charge is 2.24. The Hall–Kier alpha value is -2.89. The van der Waals surface area contributed by atoms with Crippen molar-refractivity contribution in [3.8, 4) is 5.75 Å². The monoisotopic (exact) mass is 370 g/mol. The van der Waals surface area contributed by atoms with Crippen LogP contribution in [0.5, 0.6) is 5.75 Å². The van der Waals surface area contributed by atoms with Gasteiger partial charge in [0, 0.05) is 24.7 Å². The van der Waals surface area contributed by atoms with Crippen molar-refractivity contribution in [3.63, 3.8) is 0 Å². The second-order valence-corrected chi connectivity index (χ2v) is 6.55. The van der Waals surface area contributed by atoms with Crippen molar-refractivity contribution in [1.82, 2.24) is 10.2 Å². The van der Waals surface area contributed by atoms with E-state index in [1.54, 1.807) is 11.0 Å². The molecule has 0 spiro atoms. The van der Waals surface area contributed by atoms with Crippen LogP contribution >= 0.6 is 0 Å². The molecular formula is C21H23FN2O3. The summed E-state index contributed by atoms with van der Waals surface area (Å²) in [7, 11) is 0. The molecule has 2 aromatic carbocycles. The van der Waals surface area contributed by atoms with Crippen LogP contribution in [-0.2, 0) is 4.79 Å². The molecule has 3 rings (SSSR count). The molecule has 1 N–H and O–H groups in total. The van der Waals surface area contributed by atoms with Gasteiger partial charge < -0.3 is 15.0 Å². The third-order valence-corrected chi connectivity index (χ3v) is 4.60. The standard InChI is InChI=1S/C21H23FN2O3/c22-17-6-4-5-16(15-17)21(26)23-18-9-12-24(13-10-18)20(25)11-14-27-19-7-2-1-3-8-19/h1-8,15,18H,9-14H2,(H,23,26). The van der Waals surface area contributed by atoms with E-state index in [0.29, 0.717) is 44.5 Å². The van der Waals surface area contributed by atoms with Crippen molar-refractivity contribution >= 4 is 11.8 Å². The summed E-state index contributed by atoms with van der Waals surface area (Å²) in [5, 5.41) is 2.92. The number of benzene rings is 2. The number of amides is 2. The van der Waals surface area contributed by atoms with Gasteiger partial charge in [0.1, 0.15) is 11.6 Å². The Morgan fingerprint density at radius 2 is 1.81 bits per heavy atom. The molecule has 0 atom stereocenters. The van der Waals surface area contributed by atoms with E-state index in [9.17, 15) is 14.0 Å². The van der Waals surface area contributed by atoms with E-state index >= 15 is 0 Å². The smallest absolute Gasteiger partial charge is 0.251 e. The quantitative estimate of drug-likeness (QED) is 0.850. The van der Waals surface area contributed by atoms with Crippen LogP contribution in [0.25, 0.3) is 0 Å². The molecule has 27 heavy (non-hydrogen) atoms. The number of hydrogen-bond acceptors (Lipinski definition) is 3. The van der Waals surface area contributed by atoms with E-state index < -0.39 is 5.82 Å². The molecule has 0 aromatic heterocycles. The Bertz CT molecular complexity index is 774. The minimum absolute atomic E-state index is 0.00890. The predicted octanol–water partition coefficient (Wildman–Crippen LogP) is 3.02. The molecule has 2 amide bonds. The van der Waals surface area contributed by atoms with Gasteiger partial charge in [-0.05, 0) is 43.2 Å². The van der Waals surface area contributed by atoms with Gasteiger partial charge in [0.05, 0.1) is 13.0 Å². The first-order chi connectivity index (χ1) is 13.1. The molecule has 142 valence electrons. The van der Waals surface area contributed by atoms with Gasteiger partial charge in [-0.1, -0.05) is 24.3 Å². The average Bonchev–Trinajstić information content (AvgIpc) is 2.69. The topological polar surface area (TPSA) is 58.6 Å². The number of piperidine rings is 1. The molecule has 1 aliphatic rings. The molecule has 0 aliphatic carbocycles. The van der Waals surface area contributed by atoms with E-state index in [-0.39, 0.29) is 17.9 Å². The van der Waals surface area contributed by atoms with Crippen molar-refractivity contribution in [2.45, 2.75) is 25.3 Å². The Morgan fingerprint density at radius 1 is 1.07 bits per heavy atom. The number of nitrogens with one attached hydrogen (secondary N) is 1. The molecule has 0 unspecified atom stereocenters. The molecule has 6 heteroatoms. The minimum atomic E-state index is -0.430. The van der Waals surface area contributed by atoms with E-state index in [1.807, 2.05) is 30.3 Å². The fourth-order valence-corrected chi connectivity index (χ4v) is 3.10. The zero-order valence-electron chi connectivity index (χ0n) is 15.1. The van der Waals surface area contributed by atoms with Crippen LogP contribution in [0.4, 0.5) is 4.39 Å². The lowest BCUT2D eigenvalue weighted by Crippen LogP contribution is -2.46. The number of carbonyl (C=O) groups excluding carboxylic acids is 2. The number of carbonyl (C=O) groups is 2. The Labute approximate surface area is 158 Å². The Morgan fingerprint density at radius 3 is 2.52 bits per heavy atom. The lowest BCUT2D eigenvalue weighted by atomic mass is 10.0. The number of nitrogens with zero attached hydrogens (tertiary/aromatic N) is 1. The van der Waals surface area contributed by atoms with Crippen LogP contribution in [0.15, 0.2) is 54.6 Å². The fourth-order valence-electron chi connectivity index (χ4n) is 3.10. The summed E-state index contributed by atoms with van der Waals surface area (Å²) in [4.78, 5) is 26.3. The summed E-state index contributed by atoms with van der Waals surface area (Å²) in [6, 6.07) is 15.0. The number of halogens is 1. The zero-order valence-corrected chi connectivity index (χ0v) is 15.1. The average molecular weight is 370 g/mol. The van der Waals surface area contributed by atoms with E-state index in [4.69, 9.17) is 4.74 Å². The lowest BCUT2D eigenvalue weighted by molar-refractivity contribution is -0.132. The summed E-state index contributed by atoms with van der Waals surface area (Å²) < 4.78 is 18.8. The van der Waals surface area contributed by atoms with Crippen LogP contribution in [0.3, 0.4) is 0 Å². The lowest BCUT2D eigenvalue weighted by Gasteiger charge is -2.32. The number of ether oxygens (including phenoxy) is 1. The van der Waals surface area contributed by atoms with Gasteiger partial charge in [0.25, 0.3) is 5.91 Å². The highest BCUT2D eigenvalue weighted by atomic mass is 19.1. The molecule has 1 aliphatic heterocycles. The van der Waals surface area contributed by atoms with Crippen molar-refractivity contribution in [2.24, 2.45) is 0 Å². The summed E-state index contributed by atoms with van der Waals surface area (Å²) >= 11 is 0. The van der Waals surface area contributed by atoms with Gasteiger partial charge in [-0.3, -0.25) is 9.59 Å². The summed E-state index contributed by atoms with van der Waals surface area (Å²) in [5.41, 5.74) is 0.312. The number of hydrogen-bond donors (Lipinski definition) is 1. The van der Waals surface area contributed by atoms with Gasteiger partial charge in [-0.2, -0.15) is 0 Å².